The molecular weight excluding hydrogens is 352 g/mol. The van der Waals surface area contributed by atoms with Crippen molar-refractivity contribution >= 4 is 5.91 Å². The molecule has 1 aromatic carbocycles. The molecule has 0 N–H and O–H groups in total. The number of carbonyl (C=O) groups excluding carboxylic acids is 1. The second kappa shape index (κ2) is 8.76. The Hall–Kier alpha value is -2.37. The quantitative estimate of drug-likeness (QED) is 0.704. The van der Waals surface area contributed by atoms with Gasteiger partial charge in [0.2, 0.25) is 5.91 Å². The highest BCUT2D eigenvalue weighted by molar-refractivity contribution is 5.76. The van der Waals surface area contributed by atoms with Crippen molar-refractivity contribution in [1.82, 2.24) is 19.7 Å². The molecule has 1 amide bonds. The zero-order valence-electron chi connectivity index (χ0n) is 16.7. The number of rotatable bonds is 8. The SMILES string of the molecule is COc1ccc(CCC(=O)N2CCC(Cc3nncn3CC3CC3)CC2)cc1. The van der Waals surface area contributed by atoms with Gasteiger partial charge in [-0.05, 0) is 61.6 Å². The number of aryl methyl sites for hydroxylation is 1. The van der Waals surface area contributed by atoms with Gasteiger partial charge in [0.15, 0.2) is 0 Å². The Morgan fingerprint density at radius 3 is 2.54 bits per heavy atom. The highest BCUT2D eigenvalue weighted by Gasteiger charge is 2.26. The van der Waals surface area contributed by atoms with E-state index in [1.807, 2.05) is 35.5 Å². The smallest absolute Gasteiger partial charge is 0.222 e. The molecular formula is C22H30N4O2. The standard InChI is InChI=1S/C22H30N4O2/c1-28-20-7-4-17(5-8-20)6-9-22(27)25-12-10-18(11-13-25)14-21-24-23-16-26(21)15-19-2-3-19/h4-5,7-8,16,18-19H,2-3,6,9-15H2,1H3. The number of hydrogen-bond donors (Lipinski definition) is 0. The summed E-state index contributed by atoms with van der Waals surface area (Å²) >= 11 is 0. The van der Waals surface area contributed by atoms with Gasteiger partial charge in [0.25, 0.3) is 0 Å². The largest absolute Gasteiger partial charge is 0.497 e. The number of carbonyl (C=O) groups is 1. The van der Waals surface area contributed by atoms with Gasteiger partial charge in [0, 0.05) is 32.5 Å². The van der Waals surface area contributed by atoms with Gasteiger partial charge < -0.3 is 14.2 Å². The van der Waals surface area contributed by atoms with Gasteiger partial charge in [0.1, 0.15) is 17.9 Å². The first-order valence-corrected chi connectivity index (χ1v) is 10.5. The van der Waals surface area contributed by atoms with E-state index in [1.54, 1.807) is 7.11 Å². The lowest BCUT2D eigenvalue weighted by molar-refractivity contribution is -0.132. The van der Waals surface area contributed by atoms with Crippen molar-refractivity contribution in [1.29, 1.82) is 0 Å². The number of likely N-dealkylation sites (tertiary alicyclic amines) is 1. The van der Waals surface area contributed by atoms with Crippen molar-refractivity contribution in [2.45, 2.75) is 51.5 Å². The van der Waals surface area contributed by atoms with Gasteiger partial charge in [-0.15, -0.1) is 10.2 Å². The van der Waals surface area contributed by atoms with Crippen molar-refractivity contribution in [2.24, 2.45) is 11.8 Å². The summed E-state index contributed by atoms with van der Waals surface area (Å²) in [5, 5.41) is 8.46. The lowest BCUT2D eigenvalue weighted by atomic mass is 9.93. The van der Waals surface area contributed by atoms with E-state index < -0.39 is 0 Å². The first-order valence-electron chi connectivity index (χ1n) is 10.5. The van der Waals surface area contributed by atoms with Crippen LogP contribution in [0, 0.1) is 11.8 Å². The maximum atomic E-state index is 12.6. The van der Waals surface area contributed by atoms with E-state index in [1.165, 1.54) is 18.4 Å². The van der Waals surface area contributed by atoms with Gasteiger partial charge >= 0.3 is 0 Å². The van der Waals surface area contributed by atoms with Crippen LogP contribution < -0.4 is 4.74 Å². The molecule has 150 valence electrons. The second-order valence-corrected chi connectivity index (χ2v) is 8.22. The minimum atomic E-state index is 0.270. The molecule has 6 nitrogen and oxygen atoms in total. The molecule has 2 fully saturated rings. The first kappa shape index (κ1) is 19.0. The van der Waals surface area contributed by atoms with Crippen LogP contribution in [0.15, 0.2) is 30.6 Å². The Balaban J connectivity index is 1.21. The van der Waals surface area contributed by atoms with Crippen LogP contribution in [0.2, 0.25) is 0 Å². The predicted molar refractivity (Wildman–Crippen MR) is 107 cm³/mol. The van der Waals surface area contributed by atoms with E-state index in [-0.39, 0.29) is 5.91 Å². The number of ether oxygens (including phenoxy) is 1. The Labute approximate surface area is 166 Å². The van der Waals surface area contributed by atoms with Crippen LogP contribution in [0.25, 0.3) is 0 Å². The molecule has 2 heterocycles. The van der Waals surface area contributed by atoms with Gasteiger partial charge in [0.05, 0.1) is 7.11 Å². The normalized spacial score (nSPS) is 17.7. The summed E-state index contributed by atoms with van der Waals surface area (Å²) in [7, 11) is 1.67. The molecule has 1 aliphatic carbocycles. The third-order valence-corrected chi connectivity index (χ3v) is 6.07. The van der Waals surface area contributed by atoms with Crippen molar-refractivity contribution in [2.75, 3.05) is 20.2 Å². The molecule has 28 heavy (non-hydrogen) atoms. The molecule has 1 saturated heterocycles. The number of hydrogen-bond acceptors (Lipinski definition) is 4. The molecule has 0 bridgehead atoms. The van der Waals surface area contributed by atoms with E-state index in [0.717, 1.165) is 62.8 Å². The van der Waals surface area contributed by atoms with Crippen molar-refractivity contribution in [3.8, 4) is 5.75 Å². The molecule has 0 spiro atoms. The van der Waals surface area contributed by atoms with E-state index >= 15 is 0 Å². The number of nitrogens with zero attached hydrogens (tertiary/aromatic N) is 4. The van der Waals surface area contributed by atoms with Crippen LogP contribution in [-0.2, 0) is 24.2 Å². The van der Waals surface area contributed by atoms with E-state index in [9.17, 15) is 4.79 Å². The van der Waals surface area contributed by atoms with Crippen LogP contribution in [0.1, 0.15) is 43.5 Å². The topological polar surface area (TPSA) is 60.2 Å². The van der Waals surface area contributed by atoms with Crippen LogP contribution in [0.5, 0.6) is 5.75 Å². The molecule has 2 aromatic rings. The van der Waals surface area contributed by atoms with E-state index in [4.69, 9.17) is 4.74 Å². The third-order valence-electron chi connectivity index (χ3n) is 6.07. The number of aromatic nitrogens is 3. The monoisotopic (exact) mass is 382 g/mol. The van der Waals surface area contributed by atoms with E-state index in [2.05, 4.69) is 14.8 Å². The van der Waals surface area contributed by atoms with Crippen molar-refractivity contribution < 1.29 is 9.53 Å². The summed E-state index contributed by atoms with van der Waals surface area (Å²) in [5.41, 5.74) is 1.18. The van der Waals surface area contributed by atoms with Crippen LogP contribution in [0.4, 0.5) is 0 Å². The minimum absolute atomic E-state index is 0.270. The average Bonchev–Trinajstić information content (AvgIpc) is 3.45. The highest BCUT2D eigenvalue weighted by atomic mass is 16.5. The summed E-state index contributed by atoms with van der Waals surface area (Å²) in [6.45, 7) is 2.80. The molecule has 4 rings (SSSR count). The number of piperidine rings is 1. The summed E-state index contributed by atoms with van der Waals surface area (Å²) in [4.78, 5) is 14.6. The van der Waals surface area contributed by atoms with Crippen LogP contribution in [-0.4, -0.2) is 45.8 Å². The van der Waals surface area contributed by atoms with Gasteiger partial charge in [-0.25, -0.2) is 0 Å². The molecule has 0 atom stereocenters. The second-order valence-electron chi connectivity index (χ2n) is 8.22. The fourth-order valence-electron chi connectivity index (χ4n) is 4.01. The van der Waals surface area contributed by atoms with Gasteiger partial charge in [-0.3, -0.25) is 4.79 Å². The van der Waals surface area contributed by atoms with Crippen molar-refractivity contribution in [3.05, 3.63) is 42.0 Å². The maximum absolute atomic E-state index is 12.6. The predicted octanol–water partition coefficient (Wildman–Crippen LogP) is 3.11. The molecule has 0 radical (unpaired) electrons. The summed E-state index contributed by atoms with van der Waals surface area (Å²) in [6, 6.07) is 7.98. The number of methoxy groups -OCH3 is 1. The fourth-order valence-corrected chi connectivity index (χ4v) is 4.01. The molecule has 0 unspecified atom stereocenters. The van der Waals surface area contributed by atoms with Crippen LogP contribution >= 0.6 is 0 Å². The molecule has 6 heteroatoms. The van der Waals surface area contributed by atoms with Crippen molar-refractivity contribution in [3.63, 3.8) is 0 Å². The third kappa shape index (κ3) is 4.91. The molecule has 2 aliphatic rings. The molecule has 1 aliphatic heterocycles. The zero-order valence-corrected chi connectivity index (χ0v) is 16.7. The van der Waals surface area contributed by atoms with E-state index in [0.29, 0.717) is 12.3 Å². The lowest BCUT2D eigenvalue weighted by Gasteiger charge is -2.32. The Morgan fingerprint density at radius 2 is 1.86 bits per heavy atom. The Kier molecular flexibility index (Phi) is 5.93. The maximum Gasteiger partial charge on any atom is 0.222 e. The summed E-state index contributed by atoms with van der Waals surface area (Å²) < 4.78 is 7.42. The average molecular weight is 383 g/mol. The fraction of sp³-hybridized carbons (Fsp3) is 0.591. The summed E-state index contributed by atoms with van der Waals surface area (Å²) in [6.07, 6.45) is 9.03. The zero-order chi connectivity index (χ0) is 19.3. The first-order chi connectivity index (χ1) is 13.7. The van der Waals surface area contributed by atoms with Gasteiger partial charge in [-0.2, -0.15) is 0 Å². The molecule has 1 aromatic heterocycles. The Morgan fingerprint density at radius 1 is 1.11 bits per heavy atom. The number of amides is 1. The Bertz CT molecular complexity index is 774. The minimum Gasteiger partial charge on any atom is -0.497 e. The van der Waals surface area contributed by atoms with Gasteiger partial charge in [-0.1, -0.05) is 12.1 Å². The highest BCUT2D eigenvalue weighted by Crippen LogP contribution is 2.31. The van der Waals surface area contributed by atoms with Crippen LogP contribution in [0.3, 0.4) is 0 Å². The number of benzene rings is 1. The summed E-state index contributed by atoms with van der Waals surface area (Å²) in [5.74, 6) is 3.68. The lowest BCUT2D eigenvalue weighted by Crippen LogP contribution is -2.39. The molecule has 1 saturated carbocycles.